The van der Waals surface area contributed by atoms with Crippen LogP contribution < -0.4 is 0 Å². The molecule has 2 aliphatic carbocycles. The van der Waals surface area contributed by atoms with E-state index in [1.54, 1.807) is 6.92 Å². The first kappa shape index (κ1) is 49.5. The Morgan fingerprint density at radius 2 is 1.22 bits per heavy atom. The number of thiocarbonyl (C=S) groups is 1. The minimum Gasteiger partial charge on any atom is -0.481 e. The first-order valence-corrected chi connectivity index (χ1v) is 20.3. The summed E-state index contributed by atoms with van der Waals surface area (Å²) in [5, 5.41) is 8.11. The van der Waals surface area contributed by atoms with Crippen LogP contribution in [0.5, 0.6) is 0 Å². The predicted octanol–water partition coefficient (Wildman–Crippen LogP) is 10.9. The zero-order valence-corrected chi connectivity index (χ0v) is 37.4. The van der Waals surface area contributed by atoms with Gasteiger partial charge in [0.25, 0.3) is 5.12 Å². The summed E-state index contributed by atoms with van der Waals surface area (Å²) in [5.41, 5.74) is 7.60. The van der Waals surface area contributed by atoms with Gasteiger partial charge in [-0.2, -0.15) is 0 Å². The fraction of sp³-hybridized carbons (Fsp3) is 0.417. The lowest BCUT2D eigenvalue weighted by molar-refractivity contribution is -0.153. The van der Waals surface area contributed by atoms with Gasteiger partial charge in [-0.05, 0) is 87.7 Å². The van der Waals surface area contributed by atoms with E-state index in [4.69, 9.17) is 26.8 Å². The van der Waals surface area contributed by atoms with Gasteiger partial charge in [0.2, 0.25) is 5.78 Å². The second-order valence-corrected chi connectivity index (χ2v) is 17.1. The van der Waals surface area contributed by atoms with Crippen molar-refractivity contribution in [3.05, 3.63) is 130 Å². The Balaban J connectivity index is 1.95. The molecule has 0 aromatic heterocycles. The molecule has 0 bridgehead atoms. The largest absolute Gasteiger partial charge is 0.481 e. The van der Waals surface area contributed by atoms with E-state index in [-0.39, 0.29) is 40.6 Å². The van der Waals surface area contributed by atoms with Crippen molar-refractivity contribution in [2.75, 3.05) is 0 Å². The van der Waals surface area contributed by atoms with Crippen molar-refractivity contribution in [3.8, 4) is 0 Å². The zero-order chi connectivity index (χ0) is 43.8. The Morgan fingerprint density at radius 3 is 1.72 bits per heavy atom. The van der Waals surface area contributed by atoms with Crippen molar-refractivity contribution < 1.29 is 38.6 Å². The summed E-state index contributed by atoms with van der Waals surface area (Å²) in [6.07, 6.45) is 28.4. The maximum atomic E-state index is 13.1. The average Bonchev–Trinajstić information content (AvgIpc) is 3.10. The number of allylic oxidation sites excluding steroid dienone is 20. The number of carbonyl (C=O) groups is 5. The summed E-state index contributed by atoms with van der Waals surface area (Å²) >= 11 is 8.66. The van der Waals surface area contributed by atoms with E-state index in [1.165, 1.54) is 5.57 Å². The van der Waals surface area contributed by atoms with Gasteiger partial charge in [-0.25, -0.2) is 0 Å². The van der Waals surface area contributed by atoms with E-state index in [1.807, 2.05) is 101 Å². The molecule has 0 spiro atoms. The standard InChI is InChI=1S/C48H60O8S2/c1-31(17-13-19-33(3)21-23-38-35(5)27-37(29-47(38,7)8)55-43(52)28-40(49)46(54)58)15-11-12-16-32(2)18-14-20-34(4)22-24-39-36(6)45(53)41(30-48(39,9)10)56-44(57)26-25-42(50)51/h11-24,37,41H,25-30H2,1-10H3,(H,50,51)(H,54,58). The quantitative estimate of drug-likeness (QED) is 0.0347. The average molecular weight is 829 g/mol. The smallest absolute Gasteiger partial charge is 0.314 e. The number of ketones is 2. The highest BCUT2D eigenvalue weighted by molar-refractivity contribution is 7.98. The van der Waals surface area contributed by atoms with Gasteiger partial charge in [0, 0.05) is 19.3 Å². The molecule has 2 atom stereocenters. The molecule has 2 aliphatic rings. The summed E-state index contributed by atoms with van der Waals surface area (Å²) in [7, 11) is 0. The first-order chi connectivity index (χ1) is 27.0. The van der Waals surface area contributed by atoms with E-state index in [0.717, 1.165) is 33.4 Å². The highest BCUT2D eigenvalue weighted by Crippen LogP contribution is 2.43. The molecule has 0 fully saturated rings. The van der Waals surface area contributed by atoms with Crippen molar-refractivity contribution in [1.82, 2.24) is 0 Å². The van der Waals surface area contributed by atoms with Gasteiger partial charge in [-0.1, -0.05) is 153 Å². The van der Waals surface area contributed by atoms with Crippen molar-refractivity contribution >= 4 is 58.5 Å². The number of Topliss-reactive ketones (excluding diaryl/α,β-unsaturated/α-hetero) is 2. The molecule has 0 aromatic rings. The fourth-order valence-electron chi connectivity index (χ4n) is 6.86. The van der Waals surface area contributed by atoms with Crippen LogP contribution in [0.4, 0.5) is 0 Å². The Bertz CT molecular complexity index is 1970. The monoisotopic (exact) mass is 828 g/mol. The maximum Gasteiger partial charge on any atom is 0.314 e. The maximum absolute atomic E-state index is 13.1. The summed E-state index contributed by atoms with van der Waals surface area (Å²) in [4.78, 5) is 58.7. The summed E-state index contributed by atoms with van der Waals surface area (Å²) in [6.45, 7) is 20.3. The van der Waals surface area contributed by atoms with Gasteiger partial charge in [-0.3, -0.25) is 24.0 Å². The van der Waals surface area contributed by atoms with Crippen LogP contribution in [-0.4, -0.2) is 51.0 Å². The third-order valence-corrected chi connectivity index (χ3v) is 10.5. The molecule has 0 heterocycles. The van der Waals surface area contributed by atoms with Crippen LogP contribution in [0, 0.1) is 10.8 Å². The lowest BCUT2D eigenvalue weighted by atomic mass is 9.71. The molecule has 0 radical (unpaired) electrons. The fourth-order valence-corrected chi connectivity index (χ4v) is 7.15. The Labute approximate surface area is 356 Å². The van der Waals surface area contributed by atoms with E-state index in [2.05, 4.69) is 58.6 Å². The number of thiol groups is 1. The van der Waals surface area contributed by atoms with Crippen molar-refractivity contribution in [3.63, 3.8) is 0 Å². The molecule has 58 heavy (non-hydrogen) atoms. The predicted molar refractivity (Wildman–Crippen MR) is 240 cm³/mol. The molecular formula is C48H60O8S2. The lowest BCUT2D eigenvalue weighted by Gasteiger charge is -2.37. The number of rotatable bonds is 18. The molecular weight excluding hydrogens is 769 g/mol. The van der Waals surface area contributed by atoms with Gasteiger partial charge in [0.05, 0.1) is 6.42 Å². The highest BCUT2D eigenvalue weighted by Gasteiger charge is 2.39. The molecule has 8 nitrogen and oxygen atoms in total. The molecule has 0 aromatic carbocycles. The van der Waals surface area contributed by atoms with E-state index in [0.29, 0.717) is 24.8 Å². The summed E-state index contributed by atoms with van der Waals surface area (Å²) < 4.78 is 11.2. The van der Waals surface area contributed by atoms with E-state index < -0.39 is 35.4 Å². The lowest BCUT2D eigenvalue weighted by Crippen LogP contribution is -2.38. The first-order valence-electron chi connectivity index (χ1n) is 19.4. The molecule has 1 N–H and O–H groups in total. The number of carbonyl (C=O) groups excluding carboxylic acids is 4. The van der Waals surface area contributed by atoms with Crippen molar-refractivity contribution in [1.29, 1.82) is 0 Å². The van der Waals surface area contributed by atoms with Crippen LogP contribution in [0.25, 0.3) is 0 Å². The SMILES string of the molecule is CC(C=CC=C(C)C=CC1=C(C)CC(OC(=O)CC(=O)C(=O)S)CC1(C)C)=CC=CC=C(C)C=CC=C(C)C=CC1=C(C)C(=O)C(OC(=S)CCC(=O)O)CC1(C)C. The molecule has 0 aliphatic heterocycles. The highest BCUT2D eigenvalue weighted by atomic mass is 32.1. The Kier molecular flexibility index (Phi) is 19.7. The third-order valence-electron chi connectivity index (χ3n) is 9.90. The third kappa shape index (κ3) is 17.0. The number of carboxylic acids is 1. The Hall–Kier alpha value is -4.67. The molecule has 2 rings (SSSR count). The van der Waals surface area contributed by atoms with Crippen LogP contribution in [0.3, 0.4) is 0 Å². The van der Waals surface area contributed by atoms with Gasteiger partial charge < -0.3 is 14.6 Å². The number of esters is 1. The van der Waals surface area contributed by atoms with Crippen LogP contribution in [-0.2, 0) is 33.4 Å². The Morgan fingerprint density at radius 1 is 0.741 bits per heavy atom. The summed E-state index contributed by atoms with van der Waals surface area (Å²) in [6, 6.07) is 0. The minimum atomic E-state index is -0.957. The second-order valence-electron chi connectivity index (χ2n) is 16.3. The van der Waals surface area contributed by atoms with Gasteiger partial charge in [-0.15, -0.1) is 0 Å². The molecule has 312 valence electrons. The van der Waals surface area contributed by atoms with Crippen LogP contribution in [0.15, 0.2) is 130 Å². The zero-order valence-electron chi connectivity index (χ0n) is 35.6. The van der Waals surface area contributed by atoms with Gasteiger partial charge in [0.1, 0.15) is 12.5 Å². The number of aliphatic carboxylic acids is 1. The van der Waals surface area contributed by atoms with Gasteiger partial charge in [0.15, 0.2) is 16.9 Å². The van der Waals surface area contributed by atoms with Crippen molar-refractivity contribution in [2.24, 2.45) is 10.8 Å². The number of carboxylic acid groups (broad SMARTS) is 1. The number of hydrogen-bond acceptors (Lipinski definition) is 8. The minimum absolute atomic E-state index is 0.102. The van der Waals surface area contributed by atoms with Crippen LogP contribution in [0.2, 0.25) is 0 Å². The molecule has 0 amide bonds. The van der Waals surface area contributed by atoms with Gasteiger partial charge >= 0.3 is 11.9 Å². The number of ether oxygens (including phenoxy) is 2. The molecule has 10 heteroatoms. The summed E-state index contributed by atoms with van der Waals surface area (Å²) in [5.74, 6) is -2.65. The number of hydrogen-bond donors (Lipinski definition) is 2. The van der Waals surface area contributed by atoms with Crippen LogP contribution in [0.1, 0.15) is 108 Å². The van der Waals surface area contributed by atoms with Crippen LogP contribution >= 0.6 is 24.8 Å². The van der Waals surface area contributed by atoms with Crippen molar-refractivity contribution in [2.45, 2.75) is 120 Å². The molecule has 2 unspecified atom stereocenters. The molecule has 0 saturated heterocycles. The topological polar surface area (TPSA) is 124 Å². The van der Waals surface area contributed by atoms with E-state index in [9.17, 15) is 24.0 Å². The normalized spacial score (nSPS) is 21.0. The second kappa shape index (κ2) is 23.1. The van der Waals surface area contributed by atoms with E-state index >= 15 is 0 Å². The molecule has 0 saturated carbocycles.